The van der Waals surface area contributed by atoms with Crippen LogP contribution in [-0.2, 0) is 11.2 Å². The maximum atomic E-state index is 12.5. The average Bonchev–Trinajstić information content (AvgIpc) is 2.71. The van der Waals surface area contributed by atoms with Gasteiger partial charge in [-0.3, -0.25) is 4.79 Å². The molecule has 1 atom stereocenters. The Bertz CT molecular complexity index is 420. The Morgan fingerprint density at radius 2 is 2.26 bits per heavy atom. The first-order valence-electron chi connectivity index (χ1n) is 7.04. The van der Waals surface area contributed by atoms with Crippen LogP contribution in [0.25, 0.3) is 0 Å². The quantitative estimate of drug-likeness (QED) is 0.896. The number of piperidine rings is 1. The van der Waals surface area contributed by atoms with Gasteiger partial charge in [-0.2, -0.15) is 0 Å². The van der Waals surface area contributed by atoms with Crippen LogP contribution in [0, 0.1) is 13.8 Å². The summed E-state index contributed by atoms with van der Waals surface area (Å²) >= 11 is 0. The van der Waals surface area contributed by atoms with Gasteiger partial charge in [0, 0.05) is 18.2 Å². The van der Waals surface area contributed by atoms with E-state index in [2.05, 4.69) is 5.16 Å². The van der Waals surface area contributed by atoms with Crippen molar-refractivity contribution in [2.24, 2.45) is 5.73 Å². The summed E-state index contributed by atoms with van der Waals surface area (Å²) in [6.45, 7) is 5.23. The van der Waals surface area contributed by atoms with Crippen molar-refractivity contribution in [1.29, 1.82) is 0 Å². The fourth-order valence-electron chi connectivity index (χ4n) is 2.83. The Labute approximate surface area is 114 Å². The van der Waals surface area contributed by atoms with Gasteiger partial charge < -0.3 is 15.2 Å². The molecule has 2 N–H and O–H groups in total. The lowest BCUT2D eigenvalue weighted by Crippen LogP contribution is -2.45. The van der Waals surface area contributed by atoms with Crippen molar-refractivity contribution in [2.45, 2.75) is 52.0 Å². The number of carbonyl (C=O) groups excluding carboxylic acids is 1. The van der Waals surface area contributed by atoms with E-state index < -0.39 is 0 Å². The van der Waals surface area contributed by atoms with Crippen LogP contribution in [0.4, 0.5) is 0 Å². The van der Waals surface area contributed by atoms with E-state index in [9.17, 15) is 4.79 Å². The predicted molar refractivity (Wildman–Crippen MR) is 72.7 cm³/mol. The Kier molecular flexibility index (Phi) is 4.58. The van der Waals surface area contributed by atoms with Crippen molar-refractivity contribution in [1.82, 2.24) is 10.1 Å². The molecule has 0 aromatic carbocycles. The number of amides is 1. The van der Waals surface area contributed by atoms with Gasteiger partial charge in [0.2, 0.25) is 5.91 Å². The molecule has 0 radical (unpaired) electrons. The van der Waals surface area contributed by atoms with E-state index in [4.69, 9.17) is 10.3 Å². The minimum absolute atomic E-state index is 0.174. The summed E-state index contributed by atoms with van der Waals surface area (Å²) in [5.41, 5.74) is 7.39. The first-order valence-corrected chi connectivity index (χ1v) is 7.04. The van der Waals surface area contributed by atoms with Gasteiger partial charge in [-0.15, -0.1) is 0 Å². The largest absolute Gasteiger partial charge is 0.361 e. The number of rotatable bonds is 4. The molecule has 2 rings (SSSR count). The third-order valence-electron chi connectivity index (χ3n) is 3.96. The van der Waals surface area contributed by atoms with Gasteiger partial charge in [0.25, 0.3) is 0 Å². The molecule has 1 fully saturated rings. The molecular weight excluding hydrogens is 242 g/mol. The molecule has 5 heteroatoms. The molecule has 5 nitrogen and oxygen atoms in total. The van der Waals surface area contributed by atoms with E-state index in [1.807, 2.05) is 18.7 Å². The number of carbonyl (C=O) groups is 1. The van der Waals surface area contributed by atoms with Gasteiger partial charge in [0.15, 0.2) is 0 Å². The van der Waals surface area contributed by atoms with Crippen molar-refractivity contribution in [3.63, 3.8) is 0 Å². The molecule has 1 aromatic heterocycles. The number of hydrogen-bond donors (Lipinski definition) is 1. The van der Waals surface area contributed by atoms with Crippen LogP contribution >= 0.6 is 0 Å². The molecule has 1 aromatic rings. The van der Waals surface area contributed by atoms with Crippen molar-refractivity contribution < 1.29 is 9.32 Å². The third-order valence-corrected chi connectivity index (χ3v) is 3.96. The molecule has 1 amide bonds. The predicted octanol–water partition coefficient (Wildman–Crippen LogP) is 1.56. The van der Waals surface area contributed by atoms with Crippen LogP contribution in [-0.4, -0.2) is 35.1 Å². The topological polar surface area (TPSA) is 72.4 Å². The van der Waals surface area contributed by atoms with E-state index >= 15 is 0 Å². The maximum absolute atomic E-state index is 12.5. The summed E-state index contributed by atoms with van der Waals surface area (Å²) < 4.78 is 5.12. The molecule has 2 heterocycles. The van der Waals surface area contributed by atoms with E-state index in [1.165, 1.54) is 6.42 Å². The normalized spacial score (nSPS) is 19.7. The lowest BCUT2D eigenvalue weighted by molar-refractivity contribution is -0.134. The summed E-state index contributed by atoms with van der Waals surface area (Å²) in [7, 11) is 0. The van der Waals surface area contributed by atoms with Gasteiger partial charge in [-0.1, -0.05) is 5.16 Å². The van der Waals surface area contributed by atoms with Gasteiger partial charge in [0.05, 0.1) is 12.1 Å². The highest BCUT2D eigenvalue weighted by atomic mass is 16.5. The summed E-state index contributed by atoms with van der Waals surface area (Å²) in [6, 6.07) is 0.312. The first kappa shape index (κ1) is 14.1. The second-order valence-electron chi connectivity index (χ2n) is 5.29. The van der Waals surface area contributed by atoms with Crippen molar-refractivity contribution in [3.8, 4) is 0 Å². The van der Waals surface area contributed by atoms with Crippen LogP contribution in [0.3, 0.4) is 0 Å². The average molecular weight is 265 g/mol. The zero-order valence-electron chi connectivity index (χ0n) is 11.8. The molecule has 1 unspecified atom stereocenters. The number of likely N-dealkylation sites (tertiary alicyclic amines) is 1. The number of aromatic nitrogens is 1. The standard InChI is InChI=1S/C14H23N3O2/c1-10-13(11(2)19-16-10)9-14(18)17-8-4-3-5-12(17)6-7-15/h12H,3-9,15H2,1-2H3. The lowest BCUT2D eigenvalue weighted by atomic mass is 9.98. The summed E-state index contributed by atoms with van der Waals surface area (Å²) in [6.07, 6.45) is 4.65. The van der Waals surface area contributed by atoms with Gasteiger partial charge in [0.1, 0.15) is 5.76 Å². The summed E-state index contributed by atoms with van der Waals surface area (Å²) in [4.78, 5) is 14.5. The molecule has 0 bridgehead atoms. The van der Waals surface area contributed by atoms with Crippen LogP contribution in [0.2, 0.25) is 0 Å². The highest BCUT2D eigenvalue weighted by molar-refractivity contribution is 5.79. The zero-order valence-corrected chi connectivity index (χ0v) is 11.8. The van der Waals surface area contributed by atoms with Gasteiger partial charge in [-0.25, -0.2) is 0 Å². The van der Waals surface area contributed by atoms with Crippen LogP contribution in [0.15, 0.2) is 4.52 Å². The summed E-state index contributed by atoms with van der Waals surface area (Å²) in [5, 5.41) is 3.90. The van der Waals surface area contributed by atoms with Gasteiger partial charge in [-0.05, 0) is 46.1 Å². The van der Waals surface area contributed by atoms with Gasteiger partial charge >= 0.3 is 0 Å². The molecule has 1 aliphatic heterocycles. The van der Waals surface area contributed by atoms with Crippen LogP contribution in [0.5, 0.6) is 0 Å². The second-order valence-corrected chi connectivity index (χ2v) is 5.29. The van der Waals surface area contributed by atoms with Crippen molar-refractivity contribution in [3.05, 3.63) is 17.0 Å². The highest BCUT2D eigenvalue weighted by Gasteiger charge is 2.27. The number of nitrogens with zero attached hydrogens (tertiary/aromatic N) is 2. The molecule has 19 heavy (non-hydrogen) atoms. The number of aryl methyl sites for hydroxylation is 2. The summed E-state index contributed by atoms with van der Waals surface area (Å²) in [5.74, 6) is 0.922. The molecule has 1 saturated heterocycles. The van der Waals surface area contributed by atoms with E-state index in [1.54, 1.807) is 0 Å². The Balaban J connectivity index is 2.05. The van der Waals surface area contributed by atoms with E-state index in [0.717, 1.165) is 42.8 Å². The van der Waals surface area contributed by atoms with Crippen molar-refractivity contribution >= 4 is 5.91 Å². The second kappa shape index (κ2) is 6.19. The monoisotopic (exact) mass is 265 g/mol. The minimum Gasteiger partial charge on any atom is -0.361 e. The molecule has 0 aliphatic carbocycles. The minimum atomic E-state index is 0.174. The fraction of sp³-hybridized carbons (Fsp3) is 0.714. The Morgan fingerprint density at radius 3 is 2.89 bits per heavy atom. The van der Waals surface area contributed by atoms with E-state index in [0.29, 0.717) is 19.0 Å². The maximum Gasteiger partial charge on any atom is 0.227 e. The number of nitrogens with two attached hydrogens (primary N) is 1. The third kappa shape index (κ3) is 3.15. The Morgan fingerprint density at radius 1 is 1.47 bits per heavy atom. The zero-order chi connectivity index (χ0) is 13.8. The van der Waals surface area contributed by atoms with Crippen LogP contribution < -0.4 is 5.73 Å². The molecular formula is C14H23N3O2. The molecule has 106 valence electrons. The SMILES string of the molecule is Cc1noc(C)c1CC(=O)N1CCCCC1CCN. The number of hydrogen-bond acceptors (Lipinski definition) is 4. The highest BCUT2D eigenvalue weighted by Crippen LogP contribution is 2.22. The van der Waals surface area contributed by atoms with Crippen molar-refractivity contribution in [2.75, 3.05) is 13.1 Å². The Hall–Kier alpha value is -1.36. The fourth-order valence-corrected chi connectivity index (χ4v) is 2.83. The van der Waals surface area contributed by atoms with Crippen LogP contribution in [0.1, 0.15) is 42.7 Å². The van der Waals surface area contributed by atoms with E-state index in [-0.39, 0.29) is 5.91 Å². The molecule has 0 spiro atoms. The molecule has 1 aliphatic rings. The first-order chi connectivity index (χ1) is 9.13. The smallest absolute Gasteiger partial charge is 0.227 e. The lowest BCUT2D eigenvalue weighted by Gasteiger charge is -2.35. The molecule has 0 saturated carbocycles.